The van der Waals surface area contributed by atoms with E-state index in [1.54, 1.807) is 24.4 Å². The Morgan fingerprint density at radius 1 is 1.11 bits per heavy atom. The first kappa shape index (κ1) is 17.9. The third-order valence-corrected chi connectivity index (χ3v) is 4.75. The molecule has 1 aromatic heterocycles. The molecule has 9 heteroatoms. The largest absolute Gasteiger partial charge is 0.454 e. The fraction of sp³-hybridized carbons (Fsp3) is 0.105. The standard InChI is InChI=1S/C19H16N4O4S/c24-17(10-28-19-20-9-14(22-19)12-4-2-1-3-5-12)23-18(25)21-13-6-7-15-16(8-13)27-11-26-15/h1-9H,10-11H2,(H,20,22)(H2,21,23,24,25). The van der Waals surface area contributed by atoms with Gasteiger partial charge in [-0.05, 0) is 17.7 Å². The fourth-order valence-electron chi connectivity index (χ4n) is 2.57. The average molecular weight is 396 g/mol. The smallest absolute Gasteiger partial charge is 0.325 e. The van der Waals surface area contributed by atoms with Gasteiger partial charge in [-0.15, -0.1) is 0 Å². The van der Waals surface area contributed by atoms with Crippen molar-refractivity contribution in [3.63, 3.8) is 0 Å². The van der Waals surface area contributed by atoms with Crippen molar-refractivity contribution in [3.05, 3.63) is 54.7 Å². The van der Waals surface area contributed by atoms with E-state index in [0.717, 1.165) is 11.3 Å². The van der Waals surface area contributed by atoms with Crippen molar-refractivity contribution < 1.29 is 19.1 Å². The lowest BCUT2D eigenvalue weighted by Gasteiger charge is -2.07. The lowest BCUT2D eigenvalue weighted by Crippen LogP contribution is -2.35. The number of thioether (sulfide) groups is 1. The maximum atomic E-state index is 12.0. The number of nitrogens with zero attached hydrogens (tertiary/aromatic N) is 1. The Balaban J connectivity index is 1.26. The highest BCUT2D eigenvalue weighted by Crippen LogP contribution is 2.34. The van der Waals surface area contributed by atoms with Crippen LogP contribution in [0.4, 0.5) is 10.5 Å². The molecule has 0 aliphatic carbocycles. The predicted molar refractivity (Wildman–Crippen MR) is 104 cm³/mol. The van der Waals surface area contributed by atoms with Gasteiger partial charge in [-0.2, -0.15) is 0 Å². The monoisotopic (exact) mass is 396 g/mol. The van der Waals surface area contributed by atoms with Crippen molar-refractivity contribution in [3.8, 4) is 22.8 Å². The van der Waals surface area contributed by atoms with E-state index in [4.69, 9.17) is 9.47 Å². The summed E-state index contributed by atoms with van der Waals surface area (Å²) < 4.78 is 10.5. The molecule has 1 aliphatic heterocycles. The van der Waals surface area contributed by atoms with Gasteiger partial charge in [-0.25, -0.2) is 9.78 Å². The maximum absolute atomic E-state index is 12.0. The molecule has 4 rings (SSSR count). The summed E-state index contributed by atoms with van der Waals surface area (Å²) in [7, 11) is 0. The van der Waals surface area contributed by atoms with Gasteiger partial charge in [0.25, 0.3) is 0 Å². The van der Waals surface area contributed by atoms with E-state index in [0.29, 0.717) is 22.3 Å². The number of ether oxygens (including phenoxy) is 2. The molecule has 0 spiro atoms. The quantitative estimate of drug-likeness (QED) is 0.572. The number of anilines is 1. The number of carbonyl (C=O) groups is 2. The van der Waals surface area contributed by atoms with Crippen molar-refractivity contribution in [2.45, 2.75) is 5.16 Å². The molecule has 0 saturated carbocycles. The van der Waals surface area contributed by atoms with Gasteiger partial charge >= 0.3 is 6.03 Å². The van der Waals surface area contributed by atoms with Crippen molar-refractivity contribution in [2.24, 2.45) is 0 Å². The summed E-state index contributed by atoms with van der Waals surface area (Å²) in [6.45, 7) is 0.152. The molecule has 0 bridgehead atoms. The minimum Gasteiger partial charge on any atom is -0.454 e. The van der Waals surface area contributed by atoms with Gasteiger partial charge in [0.05, 0.1) is 17.6 Å². The third-order valence-electron chi connectivity index (χ3n) is 3.86. The number of H-pyrrole nitrogens is 1. The molecule has 142 valence electrons. The van der Waals surface area contributed by atoms with Gasteiger partial charge < -0.3 is 19.8 Å². The van der Waals surface area contributed by atoms with Crippen LogP contribution in [0.5, 0.6) is 11.5 Å². The highest BCUT2D eigenvalue weighted by atomic mass is 32.2. The number of aromatic amines is 1. The summed E-state index contributed by atoms with van der Waals surface area (Å²) in [5, 5.41) is 5.47. The molecule has 28 heavy (non-hydrogen) atoms. The van der Waals surface area contributed by atoms with E-state index < -0.39 is 11.9 Å². The van der Waals surface area contributed by atoms with Gasteiger partial charge in [0, 0.05) is 11.8 Å². The number of benzene rings is 2. The zero-order valence-corrected chi connectivity index (χ0v) is 15.4. The second-order valence-corrected chi connectivity index (χ2v) is 6.79. The Morgan fingerprint density at radius 3 is 2.79 bits per heavy atom. The average Bonchev–Trinajstić information content (AvgIpc) is 3.36. The number of imide groups is 1. The number of rotatable bonds is 5. The molecule has 3 N–H and O–H groups in total. The van der Waals surface area contributed by atoms with E-state index >= 15 is 0 Å². The van der Waals surface area contributed by atoms with Gasteiger partial charge in [0.2, 0.25) is 12.7 Å². The lowest BCUT2D eigenvalue weighted by atomic mass is 10.2. The normalized spacial score (nSPS) is 11.9. The molecule has 3 amide bonds. The Labute approximate surface area is 164 Å². The molecule has 8 nitrogen and oxygen atoms in total. The minimum absolute atomic E-state index is 0.0519. The van der Waals surface area contributed by atoms with Gasteiger partial charge in [-0.3, -0.25) is 10.1 Å². The van der Waals surface area contributed by atoms with Crippen LogP contribution in [0.2, 0.25) is 0 Å². The Kier molecular flexibility index (Phi) is 5.16. The number of nitrogens with one attached hydrogen (secondary N) is 3. The first-order valence-electron chi connectivity index (χ1n) is 8.41. The van der Waals surface area contributed by atoms with Crippen LogP contribution in [-0.4, -0.2) is 34.5 Å². The zero-order valence-electron chi connectivity index (χ0n) is 14.6. The van der Waals surface area contributed by atoms with Crippen LogP contribution in [0, 0.1) is 0 Å². The Hall–Kier alpha value is -3.46. The molecule has 2 heterocycles. The lowest BCUT2D eigenvalue weighted by molar-refractivity contribution is -0.117. The predicted octanol–water partition coefficient (Wildman–Crippen LogP) is 3.25. The molecule has 2 aromatic carbocycles. The molecule has 0 unspecified atom stereocenters. The number of hydrogen-bond acceptors (Lipinski definition) is 6. The van der Waals surface area contributed by atoms with Crippen LogP contribution in [0.15, 0.2) is 59.9 Å². The molecular weight excluding hydrogens is 380 g/mol. The van der Waals surface area contributed by atoms with Crippen LogP contribution in [0.1, 0.15) is 0 Å². The summed E-state index contributed by atoms with van der Waals surface area (Å²) in [6.07, 6.45) is 1.71. The number of carbonyl (C=O) groups excluding carboxylic acids is 2. The Morgan fingerprint density at radius 2 is 1.93 bits per heavy atom. The maximum Gasteiger partial charge on any atom is 0.325 e. The number of hydrogen-bond donors (Lipinski definition) is 3. The van der Waals surface area contributed by atoms with E-state index in [2.05, 4.69) is 20.6 Å². The van der Waals surface area contributed by atoms with Crippen LogP contribution in [0.3, 0.4) is 0 Å². The van der Waals surface area contributed by atoms with Gasteiger partial charge in [0.1, 0.15) is 0 Å². The molecule has 0 radical (unpaired) electrons. The van der Waals surface area contributed by atoms with Crippen LogP contribution in [-0.2, 0) is 4.79 Å². The molecule has 1 aliphatic rings. The van der Waals surface area contributed by atoms with Gasteiger partial charge in [-0.1, -0.05) is 42.1 Å². The van der Waals surface area contributed by atoms with Crippen molar-refractivity contribution in [1.82, 2.24) is 15.3 Å². The molecule has 0 fully saturated rings. The van der Waals surface area contributed by atoms with E-state index in [-0.39, 0.29) is 12.5 Å². The SMILES string of the molecule is O=C(CSc1ncc(-c2ccccc2)[nH]1)NC(=O)Nc1ccc2c(c1)OCO2. The molecule has 3 aromatic rings. The van der Waals surface area contributed by atoms with Crippen LogP contribution >= 0.6 is 11.8 Å². The summed E-state index contributed by atoms with van der Waals surface area (Å²) in [5.41, 5.74) is 2.37. The van der Waals surface area contributed by atoms with Crippen LogP contribution in [0.25, 0.3) is 11.3 Å². The van der Waals surface area contributed by atoms with E-state index in [1.807, 2.05) is 30.3 Å². The second-order valence-electron chi connectivity index (χ2n) is 5.83. The summed E-state index contributed by atoms with van der Waals surface area (Å²) in [5.74, 6) is 0.787. The second kappa shape index (κ2) is 8.05. The highest BCUT2D eigenvalue weighted by molar-refractivity contribution is 7.99. The molecular formula is C19H16N4O4S. The van der Waals surface area contributed by atoms with Crippen molar-refractivity contribution >= 4 is 29.4 Å². The van der Waals surface area contributed by atoms with Crippen LogP contribution < -0.4 is 20.1 Å². The van der Waals surface area contributed by atoms with Gasteiger partial charge in [0.15, 0.2) is 16.7 Å². The molecule has 0 saturated heterocycles. The number of urea groups is 1. The Bertz CT molecular complexity index is 1010. The first-order chi connectivity index (χ1) is 13.7. The molecule has 0 atom stereocenters. The third kappa shape index (κ3) is 4.26. The number of imidazole rings is 1. The number of fused-ring (bicyclic) bond motifs is 1. The van der Waals surface area contributed by atoms with E-state index in [1.165, 1.54) is 11.8 Å². The zero-order chi connectivity index (χ0) is 19.3. The minimum atomic E-state index is -0.617. The number of aromatic nitrogens is 2. The summed E-state index contributed by atoms with van der Waals surface area (Å²) >= 11 is 1.21. The summed E-state index contributed by atoms with van der Waals surface area (Å²) in [6, 6.07) is 14.1. The fourth-order valence-corrected chi connectivity index (χ4v) is 3.22. The number of amides is 3. The topological polar surface area (TPSA) is 105 Å². The highest BCUT2D eigenvalue weighted by Gasteiger charge is 2.15. The first-order valence-corrected chi connectivity index (χ1v) is 9.39. The van der Waals surface area contributed by atoms with E-state index in [9.17, 15) is 9.59 Å². The van der Waals surface area contributed by atoms with Crippen molar-refractivity contribution in [2.75, 3.05) is 17.9 Å². The summed E-state index contributed by atoms with van der Waals surface area (Å²) in [4.78, 5) is 31.4. The van der Waals surface area contributed by atoms with Crippen molar-refractivity contribution in [1.29, 1.82) is 0 Å².